The molecule has 216 valence electrons. The molecule has 8 atom stereocenters. The fraction of sp³-hybridized carbons (Fsp3) is 0.719. The minimum absolute atomic E-state index is 0.102. The Bertz CT molecular complexity index is 1190. The molecular weight excluding hydrogens is 496 g/mol. The van der Waals surface area contributed by atoms with Gasteiger partial charge in [-0.1, -0.05) is 32.4 Å². The van der Waals surface area contributed by atoms with Crippen LogP contribution in [0.2, 0.25) is 0 Å². The summed E-state index contributed by atoms with van der Waals surface area (Å²) in [5, 5.41) is 33.9. The highest BCUT2D eigenvalue weighted by atomic mass is 16.6. The average Bonchev–Trinajstić information content (AvgIpc) is 3.01. The third kappa shape index (κ3) is 4.18. The molecule has 0 aromatic rings. The SMILES string of the molecule is CC(=O)OC(C)(C)C=CC(=O)C(C)(O)C1C(O)CC2(C)C3CC=C4C(C=C(O)C(=O)C4(C)C)C3(C)CCC12C. The summed E-state index contributed by atoms with van der Waals surface area (Å²) in [7, 11) is 0. The van der Waals surface area contributed by atoms with Crippen molar-refractivity contribution in [2.24, 2.45) is 39.4 Å². The van der Waals surface area contributed by atoms with Crippen LogP contribution in [0.15, 0.2) is 35.6 Å². The number of hydrogen-bond donors (Lipinski definition) is 3. The number of hydrogen-bond acceptors (Lipinski definition) is 7. The number of allylic oxidation sites excluding steroid dienone is 4. The van der Waals surface area contributed by atoms with Crippen LogP contribution >= 0.6 is 0 Å². The van der Waals surface area contributed by atoms with Crippen molar-refractivity contribution in [3.63, 3.8) is 0 Å². The first-order chi connectivity index (χ1) is 17.6. The quantitative estimate of drug-likeness (QED) is 0.254. The maximum absolute atomic E-state index is 13.5. The second-order valence-corrected chi connectivity index (χ2v) is 14.6. The number of ether oxygens (including phenoxy) is 1. The van der Waals surface area contributed by atoms with E-state index in [2.05, 4.69) is 26.8 Å². The van der Waals surface area contributed by atoms with E-state index in [0.717, 1.165) is 18.4 Å². The van der Waals surface area contributed by atoms with E-state index in [1.807, 2.05) is 13.8 Å². The molecule has 7 heteroatoms. The van der Waals surface area contributed by atoms with E-state index >= 15 is 0 Å². The predicted molar refractivity (Wildman–Crippen MR) is 147 cm³/mol. The summed E-state index contributed by atoms with van der Waals surface area (Å²) in [6.07, 6.45) is 8.36. The highest BCUT2D eigenvalue weighted by molar-refractivity contribution is 6.01. The summed E-state index contributed by atoms with van der Waals surface area (Å²) in [6.45, 7) is 16.4. The monoisotopic (exact) mass is 542 g/mol. The molecule has 0 amide bonds. The first-order valence-corrected chi connectivity index (χ1v) is 14.1. The number of Topliss-reactive ketones (excluding diaryl/α,β-unsaturated/α-hetero) is 1. The summed E-state index contributed by atoms with van der Waals surface area (Å²) in [5.41, 5.74) is -3.80. The smallest absolute Gasteiger partial charge is 0.303 e. The van der Waals surface area contributed by atoms with Gasteiger partial charge in [-0.05, 0) is 101 Å². The van der Waals surface area contributed by atoms with E-state index in [1.165, 1.54) is 26.0 Å². The summed E-state index contributed by atoms with van der Waals surface area (Å²) < 4.78 is 5.25. The van der Waals surface area contributed by atoms with Crippen LogP contribution in [0.4, 0.5) is 0 Å². The molecule has 2 saturated carbocycles. The van der Waals surface area contributed by atoms with Gasteiger partial charge in [-0.15, -0.1) is 0 Å². The maximum Gasteiger partial charge on any atom is 0.303 e. The highest BCUT2D eigenvalue weighted by Crippen LogP contribution is 2.74. The van der Waals surface area contributed by atoms with Crippen molar-refractivity contribution in [2.45, 2.75) is 105 Å². The minimum atomic E-state index is -1.84. The fourth-order valence-corrected chi connectivity index (χ4v) is 9.21. The van der Waals surface area contributed by atoms with Crippen molar-refractivity contribution in [2.75, 3.05) is 0 Å². The Morgan fingerprint density at radius 1 is 1.08 bits per heavy atom. The number of rotatable bonds is 5. The summed E-state index contributed by atoms with van der Waals surface area (Å²) in [6, 6.07) is 0. The molecule has 8 unspecified atom stereocenters. The van der Waals surface area contributed by atoms with E-state index in [9.17, 15) is 29.7 Å². The highest BCUT2D eigenvalue weighted by Gasteiger charge is 2.72. The maximum atomic E-state index is 13.5. The first kappa shape index (κ1) is 29.7. The summed E-state index contributed by atoms with van der Waals surface area (Å²) in [5.74, 6) is -2.13. The standard InChI is InChI=1S/C32H46O7/c1-18(33)39-27(2,3)13-12-24(36)32(9,38)25-22(35)17-31(8)23-11-10-19-20(16-21(34)26(37)28(19,4)5)29(23,6)14-15-30(25,31)7/h10,12-13,16,20,22-23,25,34-35,38H,11,14-15,17H2,1-9H3. The van der Waals surface area contributed by atoms with Gasteiger partial charge in [0.15, 0.2) is 11.5 Å². The number of aliphatic hydroxyl groups is 3. The molecule has 2 fully saturated rings. The molecule has 0 bridgehead atoms. The summed E-state index contributed by atoms with van der Waals surface area (Å²) in [4.78, 5) is 37.7. The zero-order valence-electron chi connectivity index (χ0n) is 24.9. The van der Waals surface area contributed by atoms with E-state index in [1.54, 1.807) is 19.9 Å². The normalized spacial score (nSPS) is 41.1. The van der Waals surface area contributed by atoms with Crippen LogP contribution in [0.1, 0.15) is 88.0 Å². The second-order valence-electron chi connectivity index (χ2n) is 14.6. The van der Waals surface area contributed by atoms with Gasteiger partial charge >= 0.3 is 5.97 Å². The molecule has 3 N–H and O–H groups in total. The lowest BCUT2D eigenvalue weighted by molar-refractivity contribution is -0.170. The van der Waals surface area contributed by atoms with Crippen LogP contribution in [-0.2, 0) is 19.1 Å². The third-order valence-electron chi connectivity index (χ3n) is 11.4. The van der Waals surface area contributed by atoms with Crippen LogP contribution in [-0.4, -0.2) is 50.2 Å². The minimum Gasteiger partial charge on any atom is -0.505 e. The Morgan fingerprint density at radius 2 is 1.69 bits per heavy atom. The van der Waals surface area contributed by atoms with Gasteiger partial charge < -0.3 is 20.1 Å². The van der Waals surface area contributed by atoms with E-state index in [0.29, 0.717) is 12.8 Å². The van der Waals surface area contributed by atoms with Crippen LogP contribution in [0.3, 0.4) is 0 Å². The van der Waals surface area contributed by atoms with Gasteiger partial charge in [0.1, 0.15) is 11.2 Å². The number of carbonyl (C=O) groups excluding carboxylic acids is 3. The largest absolute Gasteiger partial charge is 0.505 e. The Hall–Kier alpha value is -2.25. The van der Waals surface area contributed by atoms with Crippen molar-refractivity contribution in [3.05, 3.63) is 35.6 Å². The number of fused-ring (bicyclic) bond motifs is 5. The Kier molecular flexibility index (Phi) is 6.76. The van der Waals surface area contributed by atoms with E-state index in [4.69, 9.17) is 4.74 Å². The van der Waals surface area contributed by atoms with Crippen molar-refractivity contribution in [3.8, 4) is 0 Å². The summed E-state index contributed by atoms with van der Waals surface area (Å²) >= 11 is 0. The molecule has 0 aromatic heterocycles. The molecule has 0 saturated heterocycles. The van der Waals surface area contributed by atoms with Crippen molar-refractivity contribution >= 4 is 17.5 Å². The van der Waals surface area contributed by atoms with Crippen molar-refractivity contribution < 1.29 is 34.4 Å². The molecule has 7 nitrogen and oxygen atoms in total. The topological polar surface area (TPSA) is 121 Å². The van der Waals surface area contributed by atoms with Gasteiger partial charge in [-0.3, -0.25) is 14.4 Å². The lowest BCUT2D eigenvalue weighted by Crippen LogP contribution is -2.61. The van der Waals surface area contributed by atoms with E-state index < -0.39 is 51.2 Å². The zero-order valence-corrected chi connectivity index (χ0v) is 24.9. The molecule has 0 aliphatic heterocycles. The van der Waals surface area contributed by atoms with Gasteiger partial charge in [0, 0.05) is 18.8 Å². The van der Waals surface area contributed by atoms with Crippen LogP contribution in [0.5, 0.6) is 0 Å². The average molecular weight is 543 g/mol. The third-order valence-corrected chi connectivity index (χ3v) is 11.4. The van der Waals surface area contributed by atoms with Gasteiger partial charge in [-0.2, -0.15) is 0 Å². The number of ketones is 2. The molecule has 39 heavy (non-hydrogen) atoms. The number of esters is 1. The van der Waals surface area contributed by atoms with Crippen LogP contribution in [0.25, 0.3) is 0 Å². The molecule has 4 aliphatic rings. The Morgan fingerprint density at radius 3 is 2.28 bits per heavy atom. The molecular formula is C32H46O7. The lowest BCUT2D eigenvalue weighted by atomic mass is 9.39. The van der Waals surface area contributed by atoms with Crippen molar-refractivity contribution in [1.82, 2.24) is 0 Å². The molecule has 0 heterocycles. The van der Waals surface area contributed by atoms with Crippen LogP contribution in [0, 0.1) is 39.4 Å². The second kappa shape index (κ2) is 8.87. The lowest BCUT2D eigenvalue weighted by Gasteiger charge is -2.64. The number of aliphatic hydroxyl groups excluding tert-OH is 2. The van der Waals surface area contributed by atoms with Gasteiger partial charge in [0.05, 0.1) is 11.5 Å². The zero-order chi connectivity index (χ0) is 29.6. The Balaban J connectivity index is 1.71. The predicted octanol–water partition coefficient (Wildman–Crippen LogP) is 5.01. The molecule has 0 radical (unpaired) electrons. The van der Waals surface area contributed by atoms with Crippen LogP contribution < -0.4 is 0 Å². The van der Waals surface area contributed by atoms with Gasteiger partial charge in [-0.25, -0.2) is 0 Å². The molecule has 4 rings (SSSR count). The Labute approximate surface area is 232 Å². The van der Waals surface area contributed by atoms with Gasteiger partial charge in [0.2, 0.25) is 5.78 Å². The molecule has 0 aromatic carbocycles. The fourth-order valence-electron chi connectivity index (χ4n) is 9.21. The van der Waals surface area contributed by atoms with E-state index in [-0.39, 0.29) is 28.8 Å². The van der Waals surface area contributed by atoms with Gasteiger partial charge in [0.25, 0.3) is 0 Å². The van der Waals surface area contributed by atoms with Crippen molar-refractivity contribution in [1.29, 1.82) is 0 Å². The number of carbonyl (C=O) groups is 3. The first-order valence-electron chi connectivity index (χ1n) is 14.1. The molecule has 0 spiro atoms. The molecule has 4 aliphatic carbocycles.